The first-order valence-electron chi connectivity index (χ1n) is 9.92. The average Bonchev–Trinajstić information content (AvgIpc) is 3.05. The minimum absolute atomic E-state index is 0.0490. The average molecular weight is 477 g/mol. The van der Waals surface area contributed by atoms with Crippen molar-refractivity contribution in [3.63, 3.8) is 0 Å². The van der Waals surface area contributed by atoms with Crippen molar-refractivity contribution in [2.24, 2.45) is 0 Å². The zero-order valence-corrected chi connectivity index (χ0v) is 17.2. The van der Waals surface area contributed by atoms with Crippen LogP contribution in [0.5, 0.6) is 0 Å². The molecule has 186 valence electrons. The molecule has 0 bridgehead atoms. The molecule has 1 aromatic carbocycles. The van der Waals surface area contributed by atoms with E-state index < -0.39 is 80.3 Å². The van der Waals surface area contributed by atoms with Crippen LogP contribution in [0.25, 0.3) is 0 Å². The highest BCUT2D eigenvalue weighted by Crippen LogP contribution is 2.42. The minimum Gasteiger partial charge on any atom is -0.402 e. The Labute approximate surface area is 186 Å². The summed E-state index contributed by atoms with van der Waals surface area (Å²) in [7, 11) is 0. The number of benzene rings is 1. The monoisotopic (exact) mass is 477 g/mol. The van der Waals surface area contributed by atoms with Gasteiger partial charge in [0.15, 0.2) is 6.10 Å². The molecule has 0 aromatic heterocycles. The fraction of sp³-hybridized carbons (Fsp3) is 0.632. The number of para-hydroxylation sites is 1. The highest BCUT2D eigenvalue weighted by molar-refractivity contribution is 5.95. The third kappa shape index (κ3) is 4.43. The second-order valence-electron chi connectivity index (χ2n) is 7.69. The Bertz CT molecular complexity index is 840. The van der Waals surface area contributed by atoms with E-state index in [1.165, 1.54) is 24.3 Å². The number of anilines is 1. The molecule has 0 saturated carbocycles. The molecule has 9 atom stereocenters. The van der Waals surface area contributed by atoms with Crippen LogP contribution in [0.15, 0.2) is 24.3 Å². The van der Waals surface area contributed by atoms with E-state index in [9.17, 15) is 45.6 Å². The minimum atomic E-state index is -3.10. The van der Waals surface area contributed by atoms with Gasteiger partial charge in [-0.05, 0) is 12.1 Å². The highest BCUT2D eigenvalue weighted by atomic mass is 16.9. The molecular formula is C19H27NO13. The Morgan fingerprint density at radius 3 is 2.06 bits per heavy atom. The van der Waals surface area contributed by atoms with Gasteiger partial charge in [-0.15, -0.1) is 0 Å². The van der Waals surface area contributed by atoms with Gasteiger partial charge in [-0.3, -0.25) is 4.74 Å². The molecule has 0 spiro atoms. The van der Waals surface area contributed by atoms with E-state index in [2.05, 4.69) is 0 Å². The first kappa shape index (κ1) is 25.7. The SMILES string of the molecule is Nc1ccccc1C(=O)O[C@@]1(OC2(CO)O[C@H](CO)[C@@H](O)[C@@H]2O)O[C@H](CO)[C@@H](O)[C@H](O)[C@H]1O. The second-order valence-corrected chi connectivity index (χ2v) is 7.69. The smallest absolute Gasteiger partial charge is 0.362 e. The van der Waals surface area contributed by atoms with Crippen molar-refractivity contribution in [3.05, 3.63) is 29.8 Å². The van der Waals surface area contributed by atoms with E-state index in [4.69, 9.17) is 24.7 Å². The summed E-state index contributed by atoms with van der Waals surface area (Å²) in [5.41, 5.74) is 5.49. The normalized spacial score (nSPS) is 41.2. The number of aliphatic hydroxyl groups excluding tert-OH is 8. The summed E-state index contributed by atoms with van der Waals surface area (Å²) in [4.78, 5) is 12.9. The quantitative estimate of drug-likeness (QED) is 0.102. The van der Waals surface area contributed by atoms with Crippen molar-refractivity contribution in [2.45, 2.75) is 54.5 Å². The summed E-state index contributed by atoms with van der Waals surface area (Å²) >= 11 is 0. The Hall–Kier alpha value is -1.95. The molecule has 2 heterocycles. The van der Waals surface area contributed by atoms with E-state index in [-0.39, 0.29) is 11.3 Å². The standard InChI is InChI=1S/C19H27NO13/c20-9-4-2-1-3-8(9)17(29)32-19(16(28)14(26)12(24)10(5-21)31-19)33-18(7-23)15(27)13(25)11(6-22)30-18/h1-4,10-16,21-28H,5-7,20H2/t10-,11-,12-,13-,14+,15+,16-,18?,19+/m1/s1. The number of carbonyl (C=O) groups excluding carboxylic acids is 1. The summed E-state index contributed by atoms with van der Waals surface area (Å²) in [5, 5.41) is 80.5. The van der Waals surface area contributed by atoms with Gasteiger partial charge in [0, 0.05) is 5.69 Å². The maximum atomic E-state index is 12.9. The molecule has 2 saturated heterocycles. The van der Waals surface area contributed by atoms with Crippen molar-refractivity contribution >= 4 is 11.7 Å². The molecule has 2 aliphatic rings. The van der Waals surface area contributed by atoms with Crippen LogP contribution in [0, 0.1) is 0 Å². The molecule has 1 aromatic rings. The van der Waals surface area contributed by atoms with Crippen LogP contribution in [0.3, 0.4) is 0 Å². The van der Waals surface area contributed by atoms with E-state index in [0.717, 1.165) is 0 Å². The lowest BCUT2D eigenvalue weighted by molar-refractivity contribution is -0.496. The number of ether oxygens (including phenoxy) is 4. The van der Waals surface area contributed by atoms with Crippen molar-refractivity contribution in [3.8, 4) is 0 Å². The number of carbonyl (C=O) groups is 1. The Kier molecular flexibility index (Phi) is 7.57. The van der Waals surface area contributed by atoms with E-state index >= 15 is 0 Å². The van der Waals surface area contributed by atoms with Crippen molar-refractivity contribution < 1.29 is 64.6 Å². The second kappa shape index (κ2) is 9.73. The van der Waals surface area contributed by atoms with Crippen molar-refractivity contribution in [2.75, 3.05) is 25.6 Å². The predicted octanol–water partition coefficient (Wildman–Crippen LogP) is -4.63. The fourth-order valence-electron chi connectivity index (χ4n) is 3.66. The molecule has 1 unspecified atom stereocenters. The number of esters is 1. The molecule has 10 N–H and O–H groups in total. The van der Waals surface area contributed by atoms with Crippen LogP contribution < -0.4 is 5.73 Å². The van der Waals surface area contributed by atoms with Gasteiger partial charge in [-0.25, -0.2) is 4.79 Å². The third-order valence-corrected chi connectivity index (χ3v) is 5.55. The predicted molar refractivity (Wildman–Crippen MR) is 104 cm³/mol. The summed E-state index contributed by atoms with van der Waals surface area (Å²) in [6, 6.07) is 5.57. The molecular weight excluding hydrogens is 450 g/mol. The number of hydrogen-bond acceptors (Lipinski definition) is 14. The number of nitrogens with two attached hydrogens (primary N) is 1. The largest absolute Gasteiger partial charge is 0.402 e. The Morgan fingerprint density at radius 1 is 0.909 bits per heavy atom. The molecule has 33 heavy (non-hydrogen) atoms. The van der Waals surface area contributed by atoms with Crippen LogP contribution >= 0.6 is 0 Å². The summed E-state index contributed by atoms with van der Waals surface area (Å²) in [5.74, 6) is -7.00. The van der Waals surface area contributed by atoms with Crippen molar-refractivity contribution in [1.29, 1.82) is 0 Å². The van der Waals surface area contributed by atoms with Crippen LogP contribution in [0.4, 0.5) is 5.69 Å². The van der Waals surface area contributed by atoms with Gasteiger partial charge in [-0.2, -0.15) is 0 Å². The van der Waals surface area contributed by atoms with Gasteiger partial charge in [0.25, 0.3) is 0 Å². The molecule has 14 heteroatoms. The molecule has 2 fully saturated rings. The lowest BCUT2D eigenvalue weighted by Gasteiger charge is -2.49. The lowest BCUT2D eigenvalue weighted by atomic mass is 9.97. The molecule has 0 radical (unpaired) electrons. The lowest BCUT2D eigenvalue weighted by Crippen LogP contribution is -2.70. The third-order valence-electron chi connectivity index (χ3n) is 5.55. The maximum Gasteiger partial charge on any atom is 0.362 e. The summed E-state index contributed by atoms with van der Waals surface area (Å²) < 4.78 is 21.2. The highest BCUT2D eigenvalue weighted by Gasteiger charge is 2.65. The number of rotatable bonds is 7. The maximum absolute atomic E-state index is 12.9. The van der Waals surface area contributed by atoms with Gasteiger partial charge in [0.2, 0.25) is 5.79 Å². The van der Waals surface area contributed by atoms with Crippen LogP contribution in [-0.4, -0.2) is 121 Å². The van der Waals surface area contributed by atoms with Crippen LogP contribution in [0.1, 0.15) is 10.4 Å². The van der Waals surface area contributed by atoms with Gasteiger partial charge in [0.05, 0.1) is 18.8 Å². The van der Waals surface area contributed by atoms with E-state index in [1.54, 1.807) is 0 Å². The van der Waals surface area contributed by atoms with Crippen molar-refractivity contribution in [1.82, 2.24) is 0 Å². The molecule has 3 rings (SSSR count). The van der Waals surface area contributed by atoms with Gasteiger partial charge >= 0.3 is 11.9 Å². The van der Waals surface area contributed by atoms with E-state index in [1.807, 2.05) is 0 Å². The first-order chi connectivity index (χ1) is 15.6. The molecule has 2 aliphatic heterocycles. The molecule has 0 amide bonds. The van der Waals surface area contributed by atoms with Gasteiger partial charge < -0.3 is 60.8 Å². The first-order valence-corrected chi connectivity index (χ1v) is 9.92. The van der Waals surface area contributed by atoms with E-state index in [0.29, 0.717) is 0 Å². The number of nitrogen functional groups attached to an aromatic ring is 1. The Balaban J connectivity index is 2.05. The number of hydrogen-bond donors (Lipinski definition) is 9. The van der Waals surface area contributed by atoms with Crippen LogP contribution in [-0.2, 0) is 18.9 Å². The Morgan fingerprint density at radius 2 is 1.52 bits per heavy atom. The van der Waals surface area contributed by atoms with Gasteiger partial charge in [0.1, 0.15) is 43.2 Å². The van der Waals surface area contributed by atoms with Crippen LogP contribution in [0.2, 0.25) is 0 Å². The zero-order valence-electron chi connectivity index (χ0n) is 17.2. The van der Waals surface area contributed by atoms with Gasteiger partial charge in [-0.1, -0.05) is 12.1 Å². The zero-order chi connectivity index (χ0) is 24.6. The molecule has 14 nitrogen and oxygen atoms in total. The number of aliphatic hydroxyl groups is 8. The molecule has 0 aliphatic carbocycles. The fourth-order valence-corrected chi connectivity index (χ4v) is 3.66. The summed E-state index contributed by atoms with van der Waals surface area (Å²) in [6.45, 7) is -2.98. The topological polar surface area (TPSA) is 242 Å². The summed E-state index contributed by atoms with van der Waals surface area (Å²) in [6.07, 6.45) is -13.4.